The summed E-state index contributed by atoms with van der Waals surface area (Å²) in [6.07, 6.45) is 0. The van der Waals surface area contributed by atoms with Crippen LogP contribution in [0.2, 0.25) is 0 Å². The Bertz CT molecular complexity index is 148. The first-order valence-corrected chi connectivity index (χ1v) is 5.25. The average molecular weight is 184 g/mol. The fourth-order valence-electron chi connectivity index (χ4n) is 2.01. The molecule has 75 valence electrons. The quantitative estimate of drug-likeness (QED) is 0.523. The molecule has 2 fully saturated rings. The number of likely N-dealkylation sites (N-methyl/N-ethyl adjacent to an activating group) is 1. The number of rotatable bonds is 1. The Hall–Kier alpha value is -0.160. The average Bonchev–Trinajstić information content (AvgIpc) is 2.20. The molecule has 2 aliphatic heterocycles. The maximum atomic E-state index is 3.38. The minimum atomic E-state index is 1.15. The van der Waals surface area contributed by atoms with Gasteiger partial charge in [-0.25, -0.2) is 0 Å². The highest BCUT2D eigenvalue weighted by atomic mass is 15.6. The highest BCUT2D eigenvalue weighted by Gasteiger charge is 2.30. The third-order valence-electron chi connectivity index (χ3n) is 2.97. The van der Waals surface area contributed by atoms with Gasteiger partial charge in [-0.1, -0.05) is 5.01 Å². The Morgan fingerprint density at radius 1 is 1.00 bits per heavy atom. The molecule has 1 radical (unpaired) electrons. The zero-order valence-electron chi connectivity index (χ0n) is 8.50. The van der Waals surface area contributed by atoms with Crippen molar-refractivity contribution in [1.29, 1.82) is 0 Å². The van der Waals surface area contributed by atoms with Crippen molar-refractivity contribution in [3.63, 3.8) is 0 Å². The molecular weight excluding hydrogens is 164 g/mol. The van der Waals surface area contributed by atoms with E-state index in [9.17, 15) is 0 Å². The van der Waals surface area contributed by atoms with Gasteiger partial charge in [0, 0.05) is 13.1 Å². The zero-order valence-corrected chi connectivity index (χ0v) is 8.50. The third kappa shape index (κ3) is 2.40. The van der Waals surface area contributed by atoms with Crippen LogP contribution in [0.4, 0.5) is 0 Å². The fraction of sp³-hybridized carbons (Fsp3) is 1.00. The maximum absolute atomic E-state index is 3.38. The molecule has 0 saturated carbocycles. The van der Waals surface area contributed by atoms with E-state index in [1.807, 2.05) is 0 Å². The van der Waals surface area contributed by atoms with Gasteiger partial charge in [0.25, 0.3) is 0 Å². The number of piperazine rings is 2. The van der Waals surface area contributed by atoms with Gasteiger partial charge in [-0.3, -0.25) is 4.90 Å². The van der Waals surface area contributed by atoms with E-state index < -0.39 is 0 Å². The molecule has 1 N–H and O–H groups in total. The normalized spacial score (nSPS) is 29.3. The van der Waals surface area contributed by atoms with Crippen LogP contribution in [0, 0.1) is 0 Å². The third-order valence-corrected chi connectivity index (χ3v) is 2.97. The number of hydrazine groups is 1. The van der Waals surface area contributed by atoms with Crippen molar-refractivity contribution in [2.45, 2.75) is 0 Å². The predicted molar refractivity (Wildman–Crippen MR) is 53.8 cm³/mol. The van der Waals surface area contributed by atoms with Gasteiger partial charge in [-0.2, -0.15) is 0 Å². The van der Waals surface area contributed by atoms with E-state index in [1.54, 1.807) is 0 Å². The van der Waals surface area contributed by atoms with Crippen LogP contribution in [0.15, 0.2) is 0 Å². The second kappa shape index (κ2) is 4.37. The Morgan fingerprint density at radius 2 is 1.62 bits per heavy atom. The molecule has 0 aromatic rings. The molecule has 2 aliphatic rings. The number of nitrogens with zero attached hydrogens (tertiary/aromatic N) is 3. The van der Waals surface area contributed by atoms with Crippen LogP contribution in [0.5, 0.6) is 0 Å². The van der Waals surface area contributed by atoms with E-state index >= 15 is 0 Å². The van der Waals surface area contributed by atoms with Crippen molar-refractivity contribution in [1.82, 2.24) is 20.2 Å². The van der Waals surface area contributed by atoms with Crippen LogP contribution in [-0.4, -0.2) is 69.3 Å². The molecule has 2 saturated heterocycles. The lowest BCUT2D eigenvalue weighted by molar-refractivity contribution is 0.0217. The Labute approximate surface area is 80.4 Å². The van der Waals surface area contributed by atoms with E-state index in [0.29, 0.717) is 0 Å². The second-order valence-electron chi connectivity index (χ2n) is 3.96. The summed E-state index contributed by atoms with van der Waals surface area (Å²) in [5.41, 5.74) is 0. The van der Waals surface area contributed by atoms with Gasteiger partial charge in [0.2, 0.25) is 0 Å². The van der Waals surface area contributed by atoms with Crippen molar-refractivity contribution in [2.24, 2.45) is 0 Å². The first-order chi connectivity index (χ1) is 6.36. The highest BCUT2D eigenvalue weighted by Crippen LogP contribution is 2.01. The molecule has 0 amide bonds. The van der Waals surface area contributed by atoms with Crippen LogP contribution < -0.4 is 10.3 Å². The fourth-order valence-corrected chi connectivity index (χ4v) is 2.01. The summed E-state index contributed by atoms with van der Waals surface area (Å²) in [6.45, 7) is 9.49. The smallest absolute Gasteiger partial charge is 0.157 e. The number of nitrogens with one attached hydrogen (secondary N) is 1. The molecular formula is C9H20N4+. The molecule has 2 heterocycles. The van der Waals surface area contributed by atoms with Crippen LogP contribution in [0.25, 0.3) is 0 Å². The van der Waals surface area contributed by atoms with E-state index in [4.69, 9.17) is 0 Å². The maximum Gasteiger partial charge on any atom is 0.157 e. The molecule has 0 unspecified atom stereocenters. The lowest BCUT2D eigenvalue weighted by Crippen LogP contribution is -2.61. The highest BCUT2D eigenvalue weighted by molar-refractivity contribution is 4.75. The van der Waals surface area contributed by atoms with Crippen molar-refractivity contribution in [3.8, 4) is 0 Å². The summed E-state index contributed by atoms with van der Waals surface area (Å²) in [7, 11) is 2.20. The Balaban J connectivity index is 1.79. The van der Waals surface area contributed by atoms with Gasteiger partial charge in [-0.15, -0.1) is 5.01 Å². The van der Waals surface area contributed by atoms with Crippen molar-refractivity contribution in [3.05, 3.63) is 0 Å². The van der Waals surface area contributed by atoms with E-state index in [2.05, 4.69) is 27.3 Å². The lowest BCUT2D eigenvalue weighted by atomic mass is 10.3. The summed E-state index contributed by atoms with van der Waals surface area (Å²) in [6, 6.07) is 0. The SMILES string of the molecule is CN1CC[N+](N2CCNCC2)CC1. The van der Waals surface area contributed by atoms with Crippen LogP contribution in [0.3, 0.4) is 0 Å². The van der Waals surface area contributed by atoms with E-state index in [0.717, 1.165) is 13.1 Å². The standard InChI is InChI=1S/C9H20N4/c1-11-6-8-13(9-7-11)12-4-2-10-3-5-12/h10H,2-9H2,1H3/q+1. The van der Waals surface area contributed by atoms with Gasteiger partial charge < -0.3 is 5.32 Å². The Morgan fingerprint density at radius 3 is 2.23 bits per heavy atom. The number of hydrogen-bond donors (Lipinski definition) is 1. The molecule has 0 aliphatic carbocycles. The van der Waals surface area contributed by atoms with Gasteiger partial charge in [-0.05, 0) is 7.05 Å². The topological polar surface area (TPSA) is 24.4 Å². The molecule has 4 heteroatoms. The minimum Gasteiger partial charge on any atom is -0.314 e. The minimum absolute atomic E-state index is 1.15. The first-order valence-electron chi connectivity index (χ1n) is 5.25. The van der Waals surface area contributed by atoms with Crippen molar-refractivity contribution < 1.29 is 0 Å². The number of hydrogen-bond acceptors (Lipinski definition) is 4. The van der Waals surface area contributed by atoms with E-state index in [1.165, 1.54) is 39.3 Å². The summed E-state index contributed by atoms with van der Waals surface area (Å²) < 4.78 is 0. The predicted octanol–water partition coefficient (Wildman–Crippen LogP) is -1.11. The van der Waals surface area contributed by atoms with Crippen molar-refractivity contribution in [2.75, 3.05) is 59.4 Å². The second-order valence-corrected chi connectivity index (χ2v) is 3.96. The first kappa shape index (κ1) is 9.40. The van der Waals surface area contributed by atoms with Crippen molar-refractivity contribution >= 4 is 0 Å². The van der Waals surface area contributed by atoms with E-state index in [-0.39, 0.29) is 0 Å². The Kier molecular flexibility index (Phi) is 3.16. The van der Waals surface area contributed by atoms with Gasteiger partial charge in [0.05, 0.1) is 26.2 Å². The summed E-state index contributed by atoms with van der Waals surface area (Å²) >= 11 is 0. The summed E-state index contributed by atoms with van der Waals surface area (Å²) in [5.74, 6) is 0. The molecule has 0 aromatic heterocycles. The zero-order chi connectivity index (χ0) is 9.10. The molecule has 0 aromatic carbocycles. The largest absolute Gasteiger partial charge is 0.314 e. The molecule has 0 atom stereocenters. The van der Waals surface area contributed by atoms with Crippen LogP contribution in [-0.2, 0) is 0 Å². The molecule has 2 rings (SSSR count). The van der Waals surface area contributed by atoms with Crippen LogP contribution in [0.1, 0.15) is 0 Å². The molecule has 0 bridgehead atoms. The molecule has 13 heavy (non-hydrogen) atoms. The lowest BCUT2D eigenvalue weighted by Gasteiger charge is -2.32. The van der Waals surface area contributed by atoms with Gasteiger partial charge in [0.1, 0.15) is 0 Å². The summed E-state index contributed by atoms with van der Waals surface area (Å²) in [5, 5.41) is 8.40. The molecule has 4 nitrogen and oxygen atoms in total. The van der Waals surface area contributed by atoms with Gasteiger partial charge >= 0.3 is 0 Å². The summed E-state index contributed by atoms with van der Waals surface area (Å²) in [4.78, 5) is 2.40. The van der Waals surface area contributed by atoms with Gasteiger partial charge in [0.15, 0.2) is 13.1 Å². The molecule has 0 spiro atoms. The monoisotopic (exact) mass is 184 g/mol. The van der Waals surface area contributed by atoms with Crippen LogP contribution >= 0.6 is 0 Å².